The third-order valence-corrected chi connectivity index (χ3v) is 3.78. The van der Waals surface area contributed by atoms with E-state index in [0.717, 1.165) is 17.6 Å². The van der Waals surface area contributed by atoms with Crippen LogP contribution in [-0.4, -0.2) is 36.5 Å². The maximum Gasteiger partial charge on any atom is 0.255 e. The van der Waals surface area contributed by atoms with Crippen molar-refractivity contribution in [1.82, 2.24) is 10.2 Å². The number of halogens is 2. The van der Waals surface area contributed by atoms with E-state index in [1.807, 2.05) is 17.9 Å². The molecule has 1 heterocycles. The monoisotopic (exact) mass is 316 g/mol. The molecule has 1 aromatic rings. The summed E-state index contributed by atoms with van der Waals surface area (Å²) in [7, 11) is 0. The molecule has 5 heteroatoms. The maximum absolute atomic E-state index is 12.4. The molecule has 0 radical (unpaired) electrons. The Morgan fingerprint density at radius 3 is 2.82 bits per heavy atom. The molecule has 0 spiro atoms. The number of rotatable bonds is 3. The predicted molar refractivity (Wildman–Crippen MR) is 72.5 cm³/mol. The smallest absolute Gasteiger partial charge is 0.255 e. The standard InChI is InChI=1S/C12H14BrClN2O/c1-2-16(9-6-15-7-9)12(17)10-5-8(13)3-4-11(10)14/h3-5,9,15H,2,6-7H2,1H3. The van der Waals surface area contributed by atoms with Gasteiger partial charge in [-0.15, -0.1) is 0 Å². The van der Waals surface area contributed by atoms with Crippen LogP contribution >= 0.6 is 27.5 Å². The summed E-state index contributed by atoms with van der Waals surface area (Å²) in [5.74, 6) is 0.00491. The molecular formula is C12H14BrClN2O. The Labute approximate surface area is 114 Å². The minimum atomic E-state index is 0.00491. The van der Waals surface area contributed by atoms with Crippen LogP contribution in [0.2, 0.25) is 5.02 Å². The highest BCUT2D eigenvalue weighted by molar-refractivity contribution is 9.10. The minimum Gasteiger partial charge on any atom is -0.333 e. The molecule has 17 heavy (non-hydrogen) atoms. The van der Waals surface area contributed by atoms with Gasteiger partial charge in [0.05, 0.1) is 16.6 Å². The molecule has 1 aliphatic rings. The summed E-state index contributed by atoms with van der Waals surface area (Å²) >= 11 is 9.44. The molecule has 0 saturated carbocycles. The second-order valence-corrected chi connectivity index (χ2v) is 5.35. The van der Waals surface area contributed by atoms with Crippen LogP contribution in [0.3, 0.4) is 0 Å². The van der Waals surface area contributed by atoms with Crippen molar-refractivity contribution in [1.29, 1.82) is 0 Å². The molecule has 0 atom stereocenters. The first-order valence-electron chi connectivity index (χ1n) is 5.60. The summed E-state index contributed by atoms with van der Waals surface area (Å²) < 4.78 is 0.869. The van der Waals surface area contributed by atoms with E-state index in [9.17, 15) is 4.79 Å². The molecule has 1 aromatic carbocycles. The lowest BCUT2D eigenvalue weighted by atomic mass is 10.1. The molecule has 92 valence electrons. The molecular weight excluding hydrogens is 304 g/mol. The highest BCUT2D eigenvalue weighted by Gasteiger charge is 2.28. The lowest BCUT2D eigenvalue weighted by Crippen LogP contribution is -2.58. The Kier molecular flexibility index (Phi) is 4.07. The quantitative estimate of drug-likeness (QED) is 0.929. The molecule has 1 amide bonds. The highest BCUT2D eigenvalue weighted by Crippen LogP contribution is 2.23. The summed E-state index contributed by atoms with van der Waals surface area (Å²) in [4.78, 5) is 14.2. The van der Waals surface area contributed by atoms with Gasteiger partial charge in [0.2, 0.25) is 0 Å². The summed E-state index contributed by atoms with van der Waals surface area (Å²) in [6.45, 7) is 4.42. The number of nitrogens with zero attached hydrogens (tertiary/aromatic N) is 1. The molecule has 1 fully saturated rings. The van der Waals surface area contributed by atoms with Crippen molar-refractivity contribution in [2.45, 2.75) is 13.0 Å². The number of hydrogen-bond acceptors (Lipinski definition) is 2. The molecule has 3 nitrogen and oxygen atoms in total. The lowest BCUT2D eigenvalue weighted by molar-refractivity contribution is 0.0630. The molecule has 0 unspecified atom stereocenters. The minimum absolute atomic E-state index is 0.00491. The molecule has 1 aliphatic heterocycles. The van der Waals surface area contributed by atoms with Gasteiger partial charge in [-0.1, -0.05) is 27.5 Å². The van der Waals surface area contributed by atoms with E-state index in [0.29, 0.717) is 23.2 Å². The average molecular weight is 318 g/mol. The Bertz CT molecular complexity index is 435. The summed E-state index contributed by atoms with van der Waals surface area (Å²) in [5, 5.41) is 3.68. The van der Waals surface area contributed by atoms with Crippen molar-refractivity contribution in [3.63, 3.8) is 0 Å². The van der Waals surface area contributed by atoms with Crippen molar-refractivity contribution < 1.29 is 4.79 Å². The van der Waals surface area contributed by atoms with E-state index in [-0.39, 0.29) is 5.91 Å². The van der Waals surface area contributed by atoms with Crippen LogP contribution in [0, 0.1) is 0 Å². The lowest BCUT2D eigenvalue weighted by Gasteiger charge is -2.37. The largest absolute Gasteiger partial charge is 0.333 e. The first kappa shape index (κ1) is 12.9. The second-order valence-electron chi connectivity index (χ2n) is 4.03. The Hall–Kier alpha value is -0.580. The van der Waals surface area contributed by atoms with Gasteiger partial charge in [-0.2, -0.15) is 0 Å². The van der Waals surface area contributed by atoms with Gasteiger partial charge in [0.25, 0.3) is 5.91 Å². The molecule has 0 aliphatic carbocycles. The van der Waals surface area contributed by atoms with Crippen molar-refractivity contribution in [2.75, 3.05) is 19.6 Å². The van der Waals surface area contributed by atoms with Gasteiger partial charge in [-0.3, -0.25) is 4.79 Å². The molecule has 0 bridgehead atoms. The maximum atomic E-state index is 12.4. The van der Waals surface area contributed by atoms with Crippen LogP contribution in [0.1, 0.15) is 17.3 Å². The van der Waals surface area contributed by atoms with Crippen LogP contribution in [-0.2, 0) is 0 Å². The SMILES string of the molecule is CCN(C(=O)c1cc(Br)ccc1Cl)C1CNC1. The number of carbonyl (C=O) groups is 1. The Morgan fingerprint density at radius 1 is 1.59 bits per heavy atom. The summed E-state index contributed by atoms with van der Waals surface area (Å²) in [6, 6.07) is 5.65. The van der Waals surface area contributed by atoms with Crippen LogP contribution in [0.25, 0.3) is 0 Å². The normalized spacial score (nSPS) is 15.5. The van der Waals surface area contributed by atoms with E-state index in [1.54, 1.807) is 12.1 Å². The van der Waals surface area contributed by atoms with Gasteiger partial charge in [0, 0.05) is 24.1 Å². The first-order valence-corrected chi connectivity index (χ1v) is 6.77. The zero-order valence-corrected chi connectivity index (χ0v) is 11.9. The van der Waals surface area contributed by atoms with Crippen LogP contribution < -0.4 is 5.32 Å². The fourth-order valence-corrected chi connectivity index (χ4v) is 2.44. The average Bonchev–Trinajstić information content (AvgIpc) is 2.25. The summed E-state index contributed by atoms with van der Waals surface area (Å²) in [6.07, 6.45) is 0. The second kappa shape index (κ2) is 5.38. The molecule has 0 aromatic heterocycles. The van der Waals surface area contributed by atoms with Crippen molar-refractivity contribution >= 4 is 33.4 Å². The van der Waals surface area contributed by atoms with Crippen molar-refractivity contribution in [3.8, 4) is 0 Å². The Balaban J connectivity index is 2.25. The van der Waals surface area contributed by atoms with Gasteiger partial charge in [0.1, 0.15) is 0 Å². The van der Waals surface area contributed by atoms with Gasteiger partial charge in [0.15, 0.2) is 0 Å². The van der Waals surface area contributed by atoms with E-state index in [4.69, 9.17) is 11.6 Å². The molecule has 1 saturated heterocycles. The van der Waals surface area contributed by atoms with Gasteiger partial charge in [-0.05, 0) is 25.1 Å². The number of benzene rings is 1. The van der Waals surface area contributed by atoms with Crippen molar-refractivity contribution in [3.05, 3.63) is 33.3 Å². The first-order chi connectivity index (χ1) is 8.13. The van der Waals surface area contributed by atoms with E-state index in [2.05, 4.69) is 21.2 Å². The van der Waals surface area contributed by atoms with E-state index < -0.39 is 0 Å². The third-order valence-electron chi connectivity index (χ3n) is 2.96. The number of hydrogen-bond donors (Lipinski definition) is 1. The van der Waals surface area contributed by atoms with Gasteiger partial charge in [-0.25, -0.2) is 0 Å². The number of amides is 1. The predicted octanol–water partition coefficient (Wildman–Crippen LogP) is 2.54. The van der Waals surface area contributed by atoms with Gasteiger partial charge >= 0.3 is 0 Å². The Morgan fingerprint density at radius 2 is 2.29 bits per heavy atom. The van der Waals surface area contributed by atoms with Gasteiger partial charge < -0.3 is 10.2 Å². The fraction of sp³-hybridized carbons (Fsp3) is 0.417. The number of likely N-dealkylation sites (N-methyl/N-ethyl adjacent to an activating group) is 1. The number of carbonyl (C=O) groups excluding carboxylic acids is 1. The molecule has 2 rings (SSSR count). The topological polar surface area (TPSA) is 32.3 Å². The highest BCUT2D eigenvalue weighted by atomic mass is 79.9. The van der Waals surface area contributed by atoms with E-state index >= 15 is 0 Å². The number of nitrogens with one attached hydrogen (secondary N) is 1. The van der Waals surface area contributed by atoms with E-state index in [1.165, 1.54) is 0 Å². The fourth-order valence-electron chi connectivity index (χ4n) is 1.88. The zero-order chi connectivity index (χ0) is 12.4. The van der Waals surface area contributed by atoms with Crippen LogP contribution in [0.4, 0.5) is 0 Å². The van der Waals surface area contributed by atoms with Crippen molar-refractivity contribution in [2.24, 2.45) is 0 Å². The van der Waals surface area contributed by atoms with Crippen LogP contribution in [0.5, 0.6) is 0 Å². The third kappa shape index (κ3) is 2.64. The molecule has 1 N–H and O–H groups in total. The zero-order valence-electron chi connectivity index (χ0n) is 9.54. The van der Waals surface area contributed by atoms with Crippen LogP contribution in [0.15, 0.2) is 22.7 Å². The summed E-state index contributed by atoms with van der Waals surface area (Å²) in [5.41, 5.74) is 0.565.